The molecule has 1 aromatic heterocycles. The lowest BCUT2D eigenvalue weighted by atomic mass is 9.82. The molecule has 2 heterocycles. The number of likely N-dealkylation sites (tertiary alicyclic amines) is 1. The van der Waals surface area contributed by atoms with Gasteiger partial charge in [-0.2, -0.15) is 0 Å². The summed E-state index contributed by atoms with van der Waals surface area (Å²) in [5.41, 5.74) is 5.83. The fourth-order valence-electron chi connectivity index (χ4n) is 5.13. The molecular formula is C22H30N4O3. The van der Waals surface area contributed by atoms with Crippen LogP contribution in [0.1, 0.15) is 42.5 Å². The summed E-state index contributed by atoms with van der Waals surface area (Å²) in [6, 6.07) is 3.34. The van der Waals surface area contributed by atoms with E-state index in [-0.39, 0.29) is 24.0 Å². The van der Waals surface area contributed by atoms with Crippen molar-refractivity contribution in [1.29, 1.82) is 0 Å². The first-order valence-corrected chi connectivity index (χ1v) is 10.5. The van der Waals surface area contributed by atoms with E-state index in [1.54, 1.807) is 25.4 Å². The van der Waals surface area contributed by atoms with Crippen molar-refractivity contribution < 1.29 is 14.3 Å². The van der Waals surface area contributed by atoms with Crippen LogP contribution in [-0.4, -0.2) is 54.0 Å². The van der Waals surface area contributed by atoms with E-state index in [1.165, 1.54) is 0 Å². The van der Waals surface area contributed by atoms with Crippen molar-refractivity contribution in [3.8, 4) is 0 Å². The zero-order chi connectivity index (χ0) is 20.4. The maximum atomic E-state index is 13.2. The number of nitrogens with zero attached hydrogens (tertiary/aromatic N) is 2. The van der Waals surface area contributed by atoms with Crippen LogP contribution in [0.15, 0.2) is 30.5 Å². The highest BCUT2D eigenvalue weighted by molar-refractivity contribution is 5.97. The number of carbonyl (C=O) groups excluding carboxylic acids is 2. The lowest BCUT2D eigenvalue weighted by Gasteiger charge is -2.37. The third-order valence-corrected chi connectivity index (χ3v) is 6.77. The standard InChI is InChI=1S/C22H30N4O3/c1-29-19-11-14(22(28)26-12-15-5-2-3-6-16(15)13-26)8-9-18(19)25-21-17(20(23)27)7-4-10-24-21/h2-4,7,10,14-16,18-19H,5-6,8-9,11-13H2,1H3,(H2,23,27)(H,24,25)/t14-,15-,16+,18-,19-/m0/s1. The first kappa shape index (κ1) is 19.9. The maximum Gasteiger partial charge on any atom is 0.252 e. The van der Waals surface area contributed by atoms with Gasteiger partial charge in [-0.3, -0.25) is 9.59 Å². The van der Waals surface area contributed by atoms with Crippen molar-refractivity contribution in [1.82, 2.24) is 9.88 Å². The zero-order valence-corrected chi connectivity index (χ0v) is 16.9. The summed E-state index contributed by atoms with van der Waals surface area (Å²) in [4.78, 5) is 31.2. The normalized spacial score (nSPS) is 31.3. The summed E-state index contributed by atoms with van der Waals surface area (Å²) >= 11 is 0. The molecule has 156 valence electrons. The average molecular weight is 399 g/mol. The van der Waals surface area contributed by atoms with Crippen LogP contribution in [0.5, 0.6) is 0 Å². The first-order valence-electron chi connectivity index (χ1n) is 10.5. The van der Waals surface area contributed by atoms with E-state index < -0.39 is 5.91 Å². The second-order valence-corrected chi connectivity index (χ2v) is 8.50. The SMILES string of the molecule is CO[C@H]1C[C@@H](C(=O)N2C[C@H]3CC=CC[C@H]3C2)CC[C@@H]1Nc1ncccc1C(N)=O. The Morgan fingerprint density at radius 3 is 2.59 bits per heavy atom. The number of allylic oxidation sites excluding steroid dienone is 2. The molecule has 1 aromatic rings. The molecule has 0 spiro atoms. The van der Waals surface area contributed by atoms with Crippen LogP contribution in [0.3, 0.4) is 0 Å². The number of ether oxygens (including phenoxy) is 1. The Morgan fingerprint density at radius 1 is 1.21 bits per heavy atom. The Kier molecular flexibility index (Phi) is 5.85. The molecule has 0 aromatic carbocycles. The van der Waals surface area contributed by atoms with Gasteiger partial charge >= 0.3 is 0 Å². The van der Waals surface area contributed by atoms with Gasteiger partial charge in [0, 0.05) is 32.3 Å². The van der Waals surface area contributed by atoms with Crippen LogP contribution in [0.25, 0.3) is 0 Å². The highest BCUT2D eigenvalue weighted by Crippen LogP contribution is 2.36. The van der Waals surface area contributed by atoms with Crippen molar-refractivity contribution >= 4 is 17.6 Å². The van der Waals surface area contributed by atoms with Crippen LogP contribution in [-0.2, 0) is 9.53 Å². The molecule has 7 nitrogen and oxygen atoms in total. The Bertz CT molecular complexity index is 780. The molecule has 5 atom stereocenters. The van der Waals surface area contributed by atoms with Gasteiger partial charge in [-0.1, -0.05) is 12.2 Å². The second kappa shape index (κ2) is 8.53. The van der Waals surface area contributed by atoms with Gasteiger partial charge in [0.25, 0.3) is 5.91 Å². The van der Waals surface area contributed by atoms with Crippen LogP contribution in [0.4, 0.5) is 5.82 Å². The molecule has 3 N–H and O–H groups in total. The predicted molar refractivity (Wildman–Crippen MR) is 110 cm³/mol. The van der Waals surface area contributed by atoms with E-state index in [0.717, 1.165) is 38.8 Å². The number of fused-ring (bicyclic) bond motifs is 1. The largest absolute Gasteiger partial charge is 0.379 e. The minimum Gasteiger partial charge on any atom is -0.379 e. The van der Waals surface area contributed by atoms with E-state index >= 15 is 0 Å². The number of nitrogens with two attached hydrogens (primary N) is 1. The molecule has 2 amide bonds. The van der Waals surface area contributed by atoms with Crippen molar-refractivity contribution in [3.63, 3.8) is 0 Å². The summed E-state index contributed by atoms with van der Waals surface area (Å²) < 4.78 is 5.73. The Balaban J connectivity index is 1.39. The molecule has 0 radical (unpaired) electrons. The first-order chi connectivity index (χ1) is 14.1. The van der Waals surface area contributed by atoms with Crippen LogP contribution in [0.2, 0.25) is 0 Å². The van der Waals surface area contributed by atoms with E-state index in [1.807, 2.05) is 0 Å². The number of hydrogen-bond donors (Lipinski definition) is 2. The monoisotopic (exact) mass is 398 g/mol. The average Bonchev–Trinajstić information content (AvgIpc) is 3.18. The molecule has 1 saturated carbocycles. The number of carbonyl (C=O) groups is 2. The number of hydrogen-bond acceptors (Lipinski definition) is 5. The van der Waals surface area contributed by atoms with Crippen LogP contribution >= 0.6 is 0 Å². The van der Waals surface area contributed by atoms with E-state index in [0.29, 0.717) is 29.6 Å². The quantitative estimate of drug-likeness (QED) is 0.741. The molecule has 3 aliphatic rings. The summed E-state index contributed by atoms with van der Waals surface area (Å²) in [6.07, 6.45) is 10.5. The van der Waals surface area contributed by atoms with Gasteiger partial charge in [-0.05, 0) is 56.1 Å². The lowest BCUT2D eigenvalue weighted by Crippen LogP contribution is -2.45. The number of rotatable bonds is 5. The Labute approximate surface area is 171 Å². The summed E-state index contributed by atoms with van der Waals surface area (Å²) in [7, 11) is 1.68. The van der Waals surface area contributed by atoms with E-state index in [9.17, 15) is 9.59 Å². The van der Waals surface area contributed by atoms with Gasteiger partial charge < -0.3 is 20.7 Å². The van der Waals surface area contributed by atoms with Crippen molar-refractivity contribution in [3.05, 3.63) is 36.0 Å². The number of aromatic nitrogens is 1. The van der Waals surface area contributed by atoms with Gasteiger partial charge in [-0.15, -0.1) is 0 Å². The van der Waals surface area contributed by atoms with Crippen molar-refractivity contribution in [2.24, 2.45) is 23.5 Å². The van der Waals surface area contributed by atoms with Gasteiger partial charge in [-0.25, -0.2) is 4.98 Å². The Hall–Kier alpha value is -2.41. The van der Waals surface area contributed by atoms with Gasteiger partial charge in [0.15, 0.2) is 0 Å². The summed E-state index contributed by atoms with van der Waals surface area (Å²) in [5, 5.41) is 3.33. The minimum absolute atomic E-state index is 0.00884. The molecule has 4 rings (SSSR count). The third kappa shape index (κ3) is 4.15. The molecule has 1 saturated heterocycles. The van der Waals surface area contributed by atoms with Gasteiger partial charge in [0.1, 0.15) is 5.82 Å². The predicted octanol–water partition coefficient (Wildman–Crippen LogP) is 2.20. The topological polar surface area (TPSA) is 97.6 Å². The fourth-order valence-corrected chi connectivity index (χ4v) is 5.13. The molecule has 1 aliphatic heterocycles. The maximum absolute atomic E-state index is 13.2. The fraction of sp³-hybridized carbons (Fsp3) is 0.591. The number of primary amides is 1. The van der Waals surface area contributed by atoms with Gasteiger partial charge in [0.05, 0.1) is 17.7 Å². The summed E-state index contributed by atoms with van der Waals surface area (Å²) in [6.45, 7) is 1.78. The second-order valence-electron chi connectivity index (χ2n) is 8.50. The minimum atomic E-state index is -0.511. The highest BCUT2D eigenvalue weighted by Gasteiger charge is 2.40. The number of amides is 2. The van der Waals surface area contributed by atoms with E-state index in [2.05, 4.69) is 27.4 Å². The number of pyridine rings is 1. The highest BCUT2D eigenvalue weighted by atomic mass is 16.5. The molecule has 0 unspecified atom stereocenters. The molecule has 7 heteroatoms. The van der Waals surface area contributed by atoms with Crippen LogP contribution in [0, 0.1) is 17.8 Å². The molecule has 2 fully saturated rings. The number of anilines is 1. The third-order valence-electron chi connectivity index (χ3n) is 6.77. The molecule has 0 bridgehead atoms. The number of methoxy groups -OCH3 is 1. The molecule has 2 aliphatic carbocycles. The summed E-state index contributed by atoms with van der Waals surface area (Å²) in [5.74, 6) is 1.48. The Morgan fingerprint density at radius 2 is 1.93 bits per heavy atom. The van der Waals surface area contributed by atoms with Crippen molar-refractivity contribution in [2.45, 2.75) is 44.2 Å². The lowest BCUT2D eigenvalue weighted by molar-refractivity contribution is -0.137. The number of nitrogens with one attached hydrogen (secondary N) is 1. The van der Waals surface area contributed by atoms with Crippen molar-refractivity contribution in [2.75, 3.05) is 25.5 Å². The van der Waals surface area contributed by atoms with Crippen LogP contribution < -0.4 is 11.1 Å². The molecular weight excluding hydrogens is 368 g/mol. The van der Waals surface area contributed by atoms with Gasteiger partial charge in [0.2, 0.25) is 5.91 Å². The smallest absolute Gasteiger partial charge is 0.252 e. The van der Waals surface area contributed by atoms with E-state index in [4.69, 9.17) is 10.5 Å². The zero-order valence-electron chi connectivity index (χ0n) is 16.9. The molecule has 29 heavy (non-hydrogen) atoms.